The van der Waals surface area contributed by atoms with E-state index < -0.39 is 64.6 Å². The summed E-state index contributed by atoms with van der Waals surface area (Å²) in [6, 6.07) is 15.4. The van der Waals surface area contributed by atoms with Gasteiger partial charge in [-0.3, -0.25) is 19.8 Å². The van der Waals surface area contributed by atoms with Crippen molar-refractivity contribution in [2.45, 2.75) is 62.5 Å². The Bertz CT molecular complexity index is 3150. The second kappa shape index (κ2) is 20.1. The van der Waals surface area contributed by atoms with Crippen molar-refractivity contribution in [3.05, 3.63) is 117 Å². The average molecular weight is 1040 g/mol. The third-order valence-electron chi connectivity index (χ3n) is 13.7. The lowest BCUT2D eigenvalue weighted by Crippen LogP contribution is -2.54. The normalized spacial score (nSPS) is 19.5. The standard InChI is InChI=1S/C49H55F3N8O10S2/c1-31-20-34(49(50,51)52)4-7-40(31)42-24-48(2,3)12-10-33(42)27-57-14-16-58(17-15-57)35-5-8-41(45(22-35)70-36-21-32-11-13-53-46(32)55-25-36)47(61)56-71(64,65)38-6-9-43(44(23-38)60(62)63)54-26-37-28-59(18-19-69-37)72(66,67)39-29-68-30-39/h4-9,11,13,20-23,25,37,39,54H,10,12,14-19,24,26-30H2,1-3H3,(H,53,55)(H,56,61). The van der Waals surface area contributed by atoms with Gasteiger partial charge >= 0.3 is 6.18 Å². The van der Waals surface area contributed by atoms with Gasteiger partial charge in [-0.05, 0) is 96.8 Å². The number of hydrogen-bond donors (Lipinski definition) is 3. The summed E-state index contributed by atoms with van der Waals surface area (Å²) in [7, 11) is -8.33. The van der Waals surface area contributed by atoms with Crippen LogP contribution in [0, 0.1) is 22.5 Å². The number of piperazine rings is 1. The lowest BCUT2D eigenvalue weighted by molar-refractivity contribution is -0.384. The van der Waals surface area contributed by atoms with Gasteiger partial charge in [0.05, 0.1) is 53.1 Å². The molecule has 3 aliphatic heterocycles. The van der Waals surface area contributed by atoms with Crippen molar-refractivity contribution in [3.8, 4) is 11.5 Å². The van der Waals surface area contributed by atoms with Gasteiger partial charge < -0.3 is 29.4 Å². The van der Waals surface area contributed by atoms with Crippen LogP contribution in [0.25, 0.3) is 16.6 Å². The molecule has 1 unspecified atom stereocenters. The van der Waals surface area contributed by atoms with Gasteiger partial charge in [0.1, 0.15) is 28.1 Å². The predicted octanol–water partition coefficient (Wildman–Crippen LogP) is 7.34. The maximum atomic E-state index is 14.0. The minimum Gasteiger partial charge on any atom is -0.455 e. The number of rotatable bonds is 15. The number of aromatic amines is 1. The Morgan fingerprint density at radius 2 is 1.78 bits per heavy atom. The summed E-state index contributed by atoms with van der Waals surface area (Å²) in [4.78, 5) is 36.8. The lowest BCUT2D eigenvalue weighted by Gasteiger charge is -2.39. The van der Waals surface area contributed by atoms with Crippen LogP contribution >= 0.6 is 0 Å². The smallest absolute Gasteiger partial charge is 0.416 e. The minimum atomic E-state index is -4.72. The van der Waals surface area contributed by atoms with Crippen LogP contribution in [-0.2, 0) is 35.7 Å². The fraction of sp³-hybridized carbons (Fsp3) is 0.429. The van der Waals surface area contributed by atoms with E-state index in [1.165, 1.54) is 34.3 Å². The van der Waals surface area contributed by atoms with Crippen molar-refractivity contribution in [1.29, 1.82) is 0 Å². The highest BCUT2D eigenvalue weighted by molar-refractivity contribution is 7.90. The number of morpholine rings is 1. The molecule has 23 heteroatoms. The van der Waals surface area contributed by atoms with E-state index in [1.54, 1.807) is 43.5 Å². The number of nitro groups is 1. The maximum absolute atomic E-state index is 14.0. The van der Waals surface area contributed by atoms with E-state index in [0.29, 0.717) is 49.6 Å². The van der Waals surface area contributed by atoms with Crippen LogP contribution in [0.3, 0.4) is 0 Å². The van der Waals surface area contributed by atoms with Crippen molar-refractivity contribution in [2.75, 3.05) is 82.4 Å². The number of hydrogen-bond acceptors (Lipinski definition) is 14. The SMILES string of the molecule is Cc1cc(C(F)(F)F)ccc1C1=C(CN2CCN(c3ccc(C(=O)NS(=O)(=O)c4ccc(NCC5CN(S(=O)(=O)C6COC6)CCO5)c([N+](=O)[O-])c4)c(Oc4cnc5[nH]ccc5c4)c3)CC2)CCC(C)(C)C1. The second-order valence-corrected chi connectivity index (χ2v) is 23.3. The zero-order valence-corrected chi connectivity index (χ0v) is 41.5. The number of sulfonamides is 2. The third-order valence-corrected chi connectivity index (χ3v) is 17.2. The van der Waals surface area contributed by atoms with E-state index in [9.17, 15) is 44.9 Å². The van der Waals surface area contributed by atoms with Crippen LogP contribution in [0.5, 0.6) is 11.5 Å². The number of halogens is 3. The zero-order chi connectivity index (χ0) is 51.2. The molecule has 3 saturated heterocycles. The molecular formula is C49H55F3N8O10S2. The number of alkyl halides is 3. The summed E-state index contributed by atoms with van der Waals surface area (Å²) in [6.07, 6.45) is 0.615. The van der Waals surface area contributed by atoms with Gasteiger partial charge in [-0.15, -0.1) is 0 Å². The number of anilines is 2. The molecule has 5 heterocycles. The molecule has 9 rings (SSSR count). The Kier molecular flexibility index (Phi) is 14.2. The van der Waals surface area contributed by atoms with Gasteiger partial charge in [0.2, 0.25) is 10.0 Å². The summed E-state index contributed by atoms with van der Waals surface area (Å²) < 4.78 is 115. The summed E-state index contributed by atoms with van der Waals surface area (Å²) in [5, 5.41) is 15.3. The zero-order valence-electron chi connectivity index (χ0n) is 39.8. The molecule has 0 saturated carbocycles. The molecule has 1 atom stereocenters. The Hall–Kier alpha value is -6.11. The van der Waals surface area contributed by atoms with Crippen LogP contribution in [0.15, 0.2) is 89.6 Å². The number of allylic oxidation sites excluding steroid dienone is 1. The first kappa shape index (κ1) is 50.8. The molecule has 3 N–H and O–H groups in total. The van der Waals surface area contributed by atoms with Gasteiger partial charge in [0.15, 0.2) is 0 Å². The maximum Gasteiger partial charge on any atom is 0.416 e. The predicted molar refractivity (Wildman–Crippen MR) is 263 cm³/mol. The molecule has 0 spiro atoms. The fourth-order valence-electron chi connectivity index (χ4n) is 9.57. The first-order valence-electron chi connectivity index (χ1n) is 23.5. The number of nitrogens with zero attached hydrogens (tertiary/aromatic N) is 5. The lowest BCUT2D eigenvalue weighted by atomic mass is 9.72. The number of fused-ring (bicyclic) bond motifs is 1. The van der Waals surface area contributed by atoms with E-state index >= 15 is 0 Å². The highest BCUT2D eigenvalue weighted by Gasteiger charge is 2.40. The van der Waals surface area contributed by atoms with Crippen LogP contribution in [0.4, 0.5) is 30.2 Å². The van der Waals surface area contributed by atoms with Crippen molar-refractivity contribution >= 4 is 59.6 Å². The molecule has 18 nitrogen and oxygen atoms in total. The molecule has 0 bridgehead atoms. The van der Waals surface area contributed by atoms with E-state index in [0.717, 1.165) is 54.0 Å². The molecule has 3 aromatic carbocycles. The van der Waals surface area contributed by atoms with Crippen molar-refractivity contribution < 1.29 is 53.9 Å². The number of nitro benzene ring substituents is 1. The first-order chi connectivity index (χ1) is 34.1. The van der Waals surface area contributed by atoms with Crippen molar-refractivity contribution in [1.82, 2.24) is 23.9 Å². The summed E-state index contributed by atoms with van der Waals surface area (Å²) in [5.74, 6) is -0.773. The largest absolute Gasteiger partial charge is 0.455 e. The van der Waals surface area contributed by atoms with Gasteiger partial charge in [0.25, 0.3) is 21.6 Å². The third kappa shape index (κ3) is 11.1. The van der Waals surface area contributed by atoms with Crippen LogP contribution in [0.1, 0.15) is 60.2 Å². The minimum absolute atomic E-state index is 0.00840. The molecule has 0 radical (unpaired) electrons. The summed E-state index contributed by atoms with van der Waals surface area (Å²) in [5.41, 5.74) is 3.58. The van der Waals surface area contributed by atoms with Gasteiger partial charge in [-0.2, -0.15) is 17.5 Å². The number of carbonyl (C=O) groups excluding carboxylic acids is 1. The number of ether oxygens (including phenoxy) is 3. The topological polar surface area (TPSA) is 219 Å². The molecule has 72 heavy (non-hydrogen) atoms. The number of H-pyrrole nitrogens is 1. The van der Waals surface area contributed by atoms with E-state index in [2.05, 4.69) is 38.9 Å². The van der Waals surface area contributed by atoms with Gasteiger partial charge in [0, 0.05) is 81.8 Å². The number of carbonyl (C=O) groups is 1. The number of aryl methyl sites for hydroxylation is 1. The van der Waals surface area contributed by atoms with Gasteiger partial charge in [-0.1, -0.05) is 25.5 Å². The number of pyridine rings is 1. The van der Waals surface area contributed by atoms with E-state index in [-0.39, 0.29) is 67.6 Å². The molecule has 1 aliphatic carbocycles. The fourth-order valence-corrected chi connectivity index (χ4v) is 12.2. The molecule has 5 aromatic rings. The molecule has 2 aromatic heterocycles. The van der Waals surface area contributed by atoms with E-state index in [4.69, 9.17) is 14.2 Å². The molecule has 384 valence electrons. The average Bonchev–Trinajstić information content (AvgIpc) is 3.79. The Morgan fingerprint density at radius 1 is 1.00 bits per heavy atom. The molecule has 4 aliphatic rings. The van der Waals surface area contributed by atoms with Crippen LogP contribution in [-0.4, -0.2) is 130 Å². The monoisotopic (exact) mass is 1040 g/mol. The number of nitrogens with one attached hydrogen (secondary N) is 3. The number of amides is 1. The Labute approximate surface area is 414 Å². The second-order valence-electron chi connectivity index (χ2n) is 19.4. The van der Waals surface area contributed by atoms with Crippen molar-refractivity contribution in [3.63, 3.8) is 0 Å². The van der Waals surface area contributed by atoms with Crippen LogP contribution in [0.2, 0.25) is 0 Å². The van der Waals surface area contributed by atoms with E-state index in [1.807, 2.05) is 4.72 Å². The first-order valence-corrected chi connectivity index (χ1v) is 26.5. The van der Waals surface area contributed by atoms with Crippen LogP contribution < -0.4 is 19.7 Å². The number of benzene rings is 3. The summed E-state index contributed by atoms with van der Waals surface area (Å²) >= 11 is 0. The quantitative estimate of drug-likeness (QED) is 0.0691. The number of aromatic nitrogens is 2. The summed E-state index contributed by atoms with van der Waals surface area (Å²) in [6.45, 7) is 9.72. The molecular weight excluding hydrogens is 982 g/mol. The van der Waals surface area contributed by atoms with Crippen molar-refractivity contribution in [2.24, 2.45) is 5.41 Å². The highest BCUT2D eigenvalue weighted by Crippen LogP contribution is 2.45. The molecule has 3 fully saturated rings. The highest BCUT2D eigenvalue weighted by atomic mass is 32.2. The Balaban J connectivity index is 0.907. The van der Waals surface area contributed by atoms with Gasteiger partial charge in [-0.25, -0.2) is 26.5 Å². The molecule has 1 amide bonds. The Morgan fingerprint density at radius 3 is 2.49 bits per heavy atom.